The van der Waals surface area contributed by atoms with E-state index in [2.05, 4.69) is 0 Å². The highest BCUT2D eigenvalue weighted by Gasteiger charge is 2.10. The SMILES string of the molecule is CC(=O)Oc1ccc(-c2cc(=O)c3c(C)cc(C)cc3o2)cc1. The molecule has 0 atom stereocenters. The molecule has 4 nitrogen and oxygen atoms in total. The molecule has 0 amide bonds. The van der Waals surface area contributed by atoms with Crippen LogP contribution in [-0.2, 0) is 4.79 Å². The fourth-order valence-corrected chi connectivity index (χ4v) is 2.66. The molecule has 0 spiro atoms. The molecule has 0 saturated carbocycles. The van der Waals surface area contributed by atoms with Crippen LogP contribution in [0.3, 0.4) is 0 Å². The summed E-state index contributed by atoms with van der Waals surface area (Å²) in [5.41, 5.74) is 3.21. The predicted molar refractivity (Wildman–Crippen MR) is 88.7 cm³/mol. The number of rotatable bonds is 2. The van der Waals surface area contributed by atoms with E-state index in [1.165, 1.54) is 13.0 Å². The van der Waals surface area contributed by atoms with Gasteiger partial charge in [0.25, 0.3) is 0 Å². The zero-order valence-corrected chi connectivity index (χ0v) is 13.2. The van der Waals surface area contributed by atoms with E-state index in [0.717, 1.165) is 16.7 Å². The highest BCUT2D eigenvalue weighted by atomic mass is 16.5. The number of hydrogen-bond acceptors (Lipinski definition) is 4. The van der Waals surface area contributed by atoms with E-state index in [9.17, 15) is 9.59 Å². The van der Waals surface area contributed by atoms with Crippen molar-refractivity contribution in [1.29, 1.82) is 0 Å². The zero-order chi connectivity index (χ0) is 16.6. The molecule has 0 unspecified atom stereocenters. The van der Waals surface area contributed by atoms with Crippen LogP contribution >= 0.6 is 0 Å². The van der Waals surface area contributed by atoms with Crippen molar-refractivity contribution in [1.82, 2.24) is 0 Å². The second-order valence-electron chi connectivity index (χ2n) is 5.55. The summed E-state index contributed by atoms with van der Waals surface area (Å²) in [6.07, 6.45) is 0. The molecule has 0 aliphatic carbocycles. The average Bonchev–Trinajstić information content (AvgIpc) is 2.46. The summed E-state index contributed by atoms with van der Waals surface area (Å²) in [7, 11) is 0. The number of aryl methyl sites for hydroxylation is 2. The van der Waals surface area contributed by atoms with Crippen molar-refractivity contribution in [2.75, 3.05) is 0 Å². The Labute approximate surface area is 133 Å². The Morgan fingerprint density at radius 3 is 2.39 bits per heavy atom. The molecular formula is C19H16O4. The van der Waals surface area contributed by atoms with Crippen LogP contribution in [0.4, 0.5) is 0 Å². The van der Waals surface area contributed by atoms with E-state index in [1.54, 1.807) is 24.3 Å². The van der Waals surface area contributed by atoms with Gasteiger partial charge in [-0.15, -0.1) is 0 Å². The minimum Gasteiger partial charge on any atom is -0.456 e. The van der Waals surface area contributed by atoms with Crippen LogP contribution in [0.2, 0.25) is 0 Å². The van der Waals surface area contributed by atoms with Crippen LogP contribution in [0, 0.1) is 13.8 Å². The molecule has 0 radical (unpaired) electrons. The van der Waals surface area contributed by atoms with E-state index in [0.29, 0.717) is 22.5 Å². The second kappa shape index (κ2) is 5.72. The van der Waals surface area contributed by atoms with Crippen molar-refractivity contribution in [3.05, 3.63) is 63.8 Å². The molecule has 0 bridgehead atoms. The largest absolute Gasteiger partial charge is 0.456 e. The Morgan fingerprint density at radius 2 is 1.74 bits per heavy atom. The molecule has 1 heterocycles. The summed E-state index contributed by atoms with van der Waals surface area (Å²) in [6, 6.07) is 12.2. The number of carbonyl (C=O) groups excluding carboxylic acids is 1. The van der Waals surface area contributed by atoms with Gasteiger partial charge in [0.05, 0.1) is 5.39 Å². The first kappa shape index (κ1) is 15.0. The first-order valence-corrected chi connectivity index (χ1v) is 7.28. The van der Waals surface area contributed by atoms with Crippen molar-refractivity contribution in [2.24, 2.45) is 0 Å². The normalized spacial score (nSPS) is 10.7. The number of carbonyl (C=O) groups is 1. The minimum absolute atomic E-state index is 0.0668. The number of fused-ring (bicyclic) bond motifs is 1. The fourth-order valence-electron chi connectivity index (χ4n) is 2.66. The van der Waals surface area contributed by atoms with Crippen LogP contribution in [-0.4, -0.2) is 5.97 Å². The molecule has 116 valence electrons. The van der Waals surface area contributed by atoms with Crippen LogP contribution in [0.25, 0.3) is 22.3 Å². The van der Waals surface area contributed by atoms with E-state index in [1.807, 2.05) is 26.0 Å². The van der Waals surface area contributed by atoms with Gasteiger partial charge in [-0.1, -0.05) is 6.07 Å². The Balaban J connectivity index is 2.10. The van der Waals surface area contributed by atoms with Crippen LogP contribution < -0.4 is 10.2 Å². The lowest BCUT2D eigenvalue weighted by atomic mass is 10.1. The van der Waals surface area contributed by atoms with Gasteiger partial charge in [0.2, 0.25) is 0 Å². The Kier molecular flexibility index (Phi) is 3.74. The first-order valence-electron chi connectivity index (χ1n) is 7.28. The summed E-state index contributed by atoms with van der Waals surface area (Å²) in [5.74, 6) is 0.568. The zero-order valence-electron chi connectivity index (χ0n) is 13.2. The molecule has 1 aromatic heterocycles. The van der Waals surface area contributed by atoms with E-state index in [-0.39, 0.29) is 11.4 Å². The molecule has 3 rings (SSSR count). The molecule has 0 saturated heterocycles. The second-order valence-corrected chi connectivity index (χ2v) is 5.55. The molecule has 23 heavy (non-hydrogen) atoms. The third-order valence-electron chi connectivity index (χ3n) is 3.57. The number of hydrogen-bond donors (Lipinski definition) is 0. The first-order chi connectivity index (χ1) is 10.9. The standard InChI is InChI=1S/C19H16O4/c1-11-8-12(2)19-16(21)10-17(23-18(19)9-11)14-4-6-15(7-5-14)22-13(3)20/h4-10H,1-3H3. The van der Waals surface area contributed by atoms with Crippen LogP contribution in [0.15, 0.2) is 51.7 Å². The summed E-state index contributed by atoms with van der Waals surface area (Å²) in [4.78, 5) is 23.3. The average molecular weight is 308 g/mol. The van der Waals surface area contributed by atoms with Gasteiger partial charge >= 0.3 is 5.97 Å². The van der Waals surface area contributed by atoms with Crippen molar-refractivity contribution in [3.8, 4) is 17.1 Å². The molecule has 0 N–H and O–H groups in total. The maximum atomic E-state index is 12.4. The lowest BCUT2D eigenvalue weighted by Crippen LogP contribution is -2.03. The Bertz CT molecular complexity index is 950. The van der Waals surface area contributed by atoms with Gasteiger partial charge in [-0.3, -0.25) is 9.59 Å². The Hall–Kier alpha value is -2.88. The van der Waals surface area contributed by atoms with Gasteiger partial charge in [-0.25, -0.2) is 0 Å². The van der Waals surface area contributed by atoms with Crippen LogP contribution in [0.5, 0.6) is 5.75 Å². The van der Waals surface area contributed by atoms with Crippen molar-refractivity contribution in [3.63, 3.8) is 0 Å². The lowest BCUT2D eigenvalue weighted by Gasteiger charge is -2.07. The number of ether oxygens (including phenoxy) is 1. The van der Waals surface area contributed by atoms with E-state index >= 15 is 0 Å². The Morgan fingerprint density at radius 1 is 1.04 bits per heavy atom. The topological polar surface area (TPSA) is 56.5 Å². The van der Waals surface area contributed by atoms with E-state index in [4.69, 9.17) is 9.15 Å². The quantitative estimate of drug-likeness (QED) is 0.530. The molecular weight excluding hydrogens is 292 g/mol. The monoisotopic (exact) mass is 308 g/mol. The summed E-state index contributed by atoms with van der Waals surface area (Å²) < 4.78 is 10.9. The molecule has 0 aliphatic heterocycles. The highest BCUT2D eigenvalue weighted by Crippen LogP contribution is 2.26. The van der Waals surface area contributed by atoms with Gasteiger partial charge in [0.15, 0.2) is 5.43 Å². The van der Waals surface area contributed by atoms with E-state index < -0.39 is 0 Å². The third kappa shape index (κ3) is 3.01. The van der Waals surface area contributed by atoms with Crippen LogP contribution in [0.1, 0.15) is 18.1 Å². The van der Waals surface area contributed by atoms with Gasteiger partial charge in [-0.2, -0.15) is 0 Å². The van der Waals surface area contributed by atoms with Gasteiger partial charge in [0.1, 0.15) is 17.1 Å². The van der Waals surface area contributed by atoms with Crippen molar-refractivity contribution < 1.29 is 13.9 Å². The fraction of sp³-hybridized carbons (Fsp3) is 0.158. The third-order valence-corrected chi connectivity index (χ3v) is 3.57. The number of benzene rings is 2. The summed E-state index contributed by atoms with van der Waals surface area (Å²) in [5, 5.41) is 0.607. The maximum Gasteiger partial charge on any atom is 0.308 e. The molecule has 4 heteroatoms. The van der Waals surface area contributed by atoms with Crippen molar-refractivity contribution >= 4 is 16.9 Å². The predicted octanol–water partition coefficient (Wildman–Crippen LogP) is 4.00. The summed E-state index contributed by atoms with van der Waals surface area (Å²) in [6.45, 7) is 5.22. The van der Waals surface area contributed by atoms with Crippen molar-refractivity contribution in [2.45, 2.75) is 20.8 Å². The maximum absolute atomic E-state index is 12.4. The van der Waals surface area contributed by atoms with Gasteiger partial charge in [0, 0.05) is 18.6 Å². The minimum atomic E-state index is -0.374. The lowest BCUT2D eigenvalue weighted by molar-refractivity contribution is -0.131. The molecule has 0 aliphatic rings. The van der Waals surface area contributed by atoms with Gasteiger partial charge < -0.3 is 9.15 Å². The summed E-state index contributed by atoms with van der Waals surface area (Å²) >= 11 is 0. The smallest absolute Gasteiger partial charge is 0.308 e. The molecule has 0 fully saturated rings. The number of esters is 1. The molecule has 2 aromatic carbocycles. The highest BCUT2D eigenvalue weighted by molar-refractivity contribution is 5.82. The van der Waals surface area contributed by atoms with Gasteiger partial charge in [-0.05, 0) is 55.3 Å². The molecule has 3 aromatic rings.